The summed E-state index contributed by atoms with van der Waals surface area (Å²) in [5, 5.41) is 3.56. The summed E-state index contributed by atoms with van der Waals surface area (Å²) in [5.74, 6) is -0.343. The Labute approximate surface area is 108 Å². The Bertz CT molecular complexity index is 408. The topological polar surface area (TPSA) is 51.2 Å². The molecule has 0 spiro atoms. The van der Waals surface area contributed by atoms with Gasteiger partial charge in [-0.25, -0.2) is 4.79 Å². The lowest BCUT2D eigenvalue weighted by Crippen LogP contribution is -2.38. The first-order valence-electron chi connectivity index (χ1n) is 6.41. The molecule has 4 nitrogen and oxygen atoms in total. The zero-order valence-electron chi connectivity index (χ0n) is 11.0. The summed E-state index contributed by atoms with van der Waals surface area (Å²) in [6.07, 6.45) is 6.64. The van der Waals surface area contributed by atoms with Gasteiger partial charge in [-0.2, -0.15) is 0 Å². The lowest BCUT2D eigenvalue weighted by Gasteiger charge is -2.25. The molecule has 0 radical (unpaired) electrons. The first kappa shape index (κ1) is 13.0. The summed E-state index contributed by atoms with van der Waals surface area (Å²) in [7, 11) is 1.37. The Kier molecular flexibility index (Phi) is 3.97. The van der Waals surface area contributed by atoms with E-state index < -0.39 is 0 Å². The Morgan fingerprint density at radius 1 is 1.44 bits per heavy atom. The van der Waals surface area contributed by atoms with Gasteiger partial charge in [-0.3, -0.25) is 4.98 Å². The molecule has 2 rings (SSSR count). The molecule has 1 aliphatic carbocycles. The molecule has 0 unspecified atom stereocenters. The molecule has 0 amide bonds. The molecular weight excluding hydrogens is 228 g/mol. The van der Waals surface area contributed by atoms with Gasteiger partial charge in [-0.15, -0.1) is 0 Å². The van der Waals surface area contributed by atoms with Crippen molar-refractivity contribution in [2.75, 3.05) is 7.11 Å². The van der Waals surface area contributed by atoms with Gasteiger partial charge in [0, 0.05) is 18.3 Å². The van der Waals surface area contributed by atoms with Gasteiger partial charge in [-0.05, 0) is 31.9 Å². The fourth-order valence-corrected chi connectivity index (χ4v) is 2.40. The molecule has 1 N–H and O–H groups in total. The zero-order chi connectivity index (χ0) is 13.0. The largest absolute Gasteiger partial charge is 0.465 e. The lowest BCUT2D eigenvalue weighted by molar-refractivity contribution is 0.0600. The first-order valence-corrected chi connectivity index (χ1v) is 6.41. The molecule has 0 aromatic carbocycles. The van der Waals surface area contributed by atoms with E-state index in [-0.39, 0.29) is 11.5 Å². The van der Waals surface area contributed by atoms with Gasteiger partial charge in [0.1, 0.15) is 0 Å². The number of nitrogens with zero attached hydrogens (tertiary/aromatic N) is 1. The summed E-state index contributed by atoms with van der Waals surface area (Å²) in [6, 6.07) is 3.63. The second kappa shape index (κ2) is 5.48. The fourth-order valence-electron chi connectivity index (χ4n) is 2.40. The average Bonchev–Trinajstić information content (AvgIpc) is 2.83. The number of carbonyl (C=O) groups excluding carboxylic acids is 1. The molecule has 1 heterocycles. The molecule has 0 saturated heterocycles. The molecule has 0 bridgehead atoms. The monoisotopic (exact) mass is 248 g/mol. The predicted octanol–water partition coefficient (Wildman–Crippen LogP) is 2.29. The van der Waals surface area contributed by atoms with E-state index in [1.54, 1.807) is 12.3 Å². The second-order valence-electron chi connectivity index (χ2n) is 5.15. The van der Waals surface area contributed by atoms with Crippen molar-refractivity contribution in [1.29, 1.82) is 0 Å². The Morgan fingerprint density at radius 2 is 2.17 bits per heavy atom. The van der Waals surface area contributed by atoms with Crippen LogP contribution >= 0.6 is 0 Å². The minimum Gasteiger partial charge on any atom is -0.465 e. The highest BCUT2D eigenvalue weighted by Gasteiger charge is 2.27. The van der Waals surface area contributed by atoms with E-state index in [9.17, 15) is 4.79 Å². The van der Waals surface area contributed by atoms with Crippen LogP contribution in [0.5, 0.6) is 0 Å². The first-order chi connectivity index (χ1) is 8.63. The zero-order valence-corrected chi connectivity index (χ0v) is 11.0. The summed E-state index contributed by atoms with van der Waals surface area (Å²) in [4.78, 5) is 15.5. The normalized spacial score (nSPS) is 17.7. The van der Waals surface area contributed by atoms with Gasteiger partial charge in [0.25, 0.3) is 0 Å². The van der Waals surface area contributed by atoms with Gasteiger partial charge in [0.15, 0.2) is 0 Å². The Hall–Kier alpha value is -1.42. The van der Waals surface area contributed by atoms with Crippen molar-refractivity contribution >= 4 is 5.97 Å². The molecule has 4 heteroatoms. The van der Waals surface area contributed by atoms with Crippen LogP contribution < -0.4 is 5.32 Å². The fraction of sp³-hybridized carbons (Fsp3) is 0.571. The van der Waals surface area contributed by atoms with Gasteiger partial charge < -0.3 is 10.1 Å². The van der Waals surface area contributed by atoms with Crippen LogP contribution in [0.25, 0.3) is 0 Å². The number of methoxy groups -OCH3 is 1. The lowest BCUT2D eigenvalue weighted by atomic mass is 10.0. The highest BCUT2D eigenvalue weighted by Crippen LogP contribution is 2.28. The number of nitrogens with one attached hydrogen (secondary N) is 1. The van der Waals surface area contributed by atoms with Crippen molar-refractivity contribution in [2.45, 2.75) is 44.7 Å². The third kappa shape index (κ3) is 3.07. The number of hydrogen-bond acceptors (Lipinski definition) is 4. The number of carbonyl (C=O) groups is 1. The predicted molar refractivity (Wildman–Crippen MR) is 69.3 cm³/mol. The van der Waals surface area contributed by atoms with Crippen LogP contribution in [0.2, 0.25) is 0 Å². The van der Waals surface area contributed by atoms with E-state index in [4.69, 9.17) is 0 Å². The highest BCUT2D eigenvalue weighted by molar-refractivity contribution is 5.88. The molecule has 18 heavy (non-hydrogen) atoms. The molecule has 1 aliphatic rings. The van der Waals surface area contributed by atoms with E-state index in [1.165, 1.54) is 32.8 Å². The van der Waals surface area contributed by atoms with Crippen molar-refractivity contribution in [1.82, 2.24) is 10.3 Å². The molecule has 1 aromatic heterocycles. The van der Waals surface area contributed by atoms with Crippen molar-refractivity contribution in [2.24, 2.45) is 0 Å². The summed E-state index contributed by atoms with van der Waals surface area (Å²) in [6.45, 7) is 3.01. The molecular formula is C14H20N2O2. The third-order valence-electron chi connectivity index (χ3n) is 3.65. The average molecular weight is 248 g/mol. The van der Waals surface area contributed by atoms with Crippen LogP contribution in [-0.4, -0.2) is 23.6 Å². The second-order valence-corrected chi connectivity index (χ2v) is 5.15. The van der Waals surface area contributed by atoms with E-state index in [1.807, 2.05) is 6.07 Å². The summed E-state index contributed by atoms with van der Waals surface area (Å²) in [5.41, 5.74) is 1.70. The number of esters is 1. The van der Waals surface area contributed by atoms with Crippen molar-refractivity contribution in [3.05, 3.63) is 29.6 Å². The molecule has 98 valence electrons. The Balaban J connectivity index is 1.92. The van der Waals surface area contributed by atoms with Crippen molar-refractivity contribution < 1.29 is 9.53 Å². The van der Waals surface area contributed by atoms with E-state index in [2.05, 4.69) is 22.0 Å². The molecule has 1 saturated carbocycles. The molecule has 0 aliphatic heterocycles. The molecule has 1 fully saturated rings. The number of ether oxygens (including phenoxy) is 1. The van der Waals surface area contributed by atoms with Gasteiger partial charge >= 0.3 is 5.97 Å². The highest BCUT2D eigenvalue weighted by atomic mass is 16.5. The summed E-state index contributed by atoms with van der Waals surface area (Å²) >= 11 is 0. The van der Waals surface area contributed by atoms with E-state index in [0.717, 1.165) is 12.2 Å². The number of aromatic nitrogens is 1. The number of pyridine rings is 1. The van der Waals surface area contributed by atoms with Crippen LogP contribution in [0.3, 0.4) is 0 Å². The number of hydrogen-bond donors (Lipinski definition) is 1. The van der Waals surface area contributed by atoms with Crippen LogP contribution in [0.1, 0.15) is 48.7 Å². The maximum atomic E-state index is 11.3. The minimum absolute atomic E-state index is 0.253. The molecule has 0 atom stereocenters. The SMILES string of the molecule is COC(=O)c1ccc(CNC2(C)CCCC2)nc1. The summed E-state index contributed by atoms with van der Waals surface area (Å²) < 4.78 is 4.64. The standard InChI is InChI=1S/C14H20N2O2/c1-14(7-3-4-8-14)16-10-12-6-5-11(9-15-12)13(17)18-2/h5-6,9,16H,3-4,7-8,10H2,1-2H3. The van der Waals surface area contributed by atoms with Crippen molar-refractivity contribution in [3.8, 4) is 0 Å². The Morgan fingerprint density at radius 3 is 2.72 bits per heavy atom. The van der Waals surface area contributed by atoms with Gasteiger partial charge in [0.2, 0.25) is 0 Å². The van der Waals surface area contributed by atoms with Gasteiger partial charge in [0.05, 0.1) is 18.4 Å². The third-order valence-corrected chi connectivity index (χ3v) is 3.65. The van der Waals surface area contributed by atoms with E-state index in [0.29, 0.717) is 5.56 Å². The quantitative estimate of drug-likeness (QED) is 0.831. The van der Waals surface area contributed by atoms with Crippen LogP contribution in [-0.2, 0) is 11.3 Å². The van der Waals surface area contributed by atoms with Crippen LogP contribution in [0.4, 0.5) is 0 Å². The maximum absolute atomic E-state index is 11.3. The minimum atomic E-state index is -0.343. The molecule has 1 aromatic rings. The number of rotatable bonds is 4. The maximum Gasteiger partial charge on any atom is 0.339 e. The van der Waals surface area contributed by atoms with Crippen LogP contribution in [0, 0.1) is 0 Å². The smallest absolute Gasteiger partial charge is 0.339 e. The van der Waals surface area contributed by atoms with E-state index >= 15 is 0 Å². The van der Waals surface area contributed by atoms with Gasteiger partial charge in [-0.1, -0.05) is 12.8 Å². The van der Waals surface area contributed by atoms with Crippen LogP contribution in [0.15, 0.2) is 18.3 Å². The van der Waals surface area contributed by atoms with Crippen molar-refractivity contribution in [3.63, 3.8) is 0 Å².